The van der Waals surface area contributed by atoms with Crippen LogP contribution in [0.3, 0.4) is 0 Å². The van der Waals surface area contributed by atoms with Crippen LogP contribution in [0.1, 0.15) is 21.5 Å². The van der Waals surface area contributed by atoms with Crippen molar-refractivity contribution in [2.45, 2.75) is 12.8 Å². The second kappa shape index (κ2) is 6.55. The molecule has 0 fully saturated rings. The van der Waals surface area contributed by atoms with E-state index in [1.807, 2.05) is 0 Å². The number of hydrogen-bond acceptors (Lipinski definition) is 4. The van der Waals surface area contributed by atoms with Gasteiger partial charge in [0.2, 0.25) is 5.91 Å². The van der Waals surface area contributed by atoms with Gasteiger partial charge in [-0.25, -0.2) is 4.79 Å². The third-order valence-corrected chi connectivity index (χ3v) is 3.67. The van der Waals surface area contributed by atoms with Gasteiger partial charge in [0.25, 0.3) is 0 Å². The van der Waals surface area contributed by atoms with Gasteiger partial charge in [-0.15, -0.1) is 0 Å². The lowest BCUT2D eigenvalue weighted by atomic mass is 10.1. The fourth-order valence-electron chi connectivity index (χ4n) is 2.40. The molecule has 1 aromatic heterocycles. The van der Waals surface area contributed by atoms with Crippen molar-refractivity contribution < 1.29 is 27.1 Å². The van der Waals surface area contributed by atoms with Crippen LogP contribution in [0.4, 0.5) is 13.2 Å². The van der Waals surface area contributed by atoms with E-state index in [1.165, 1.54) is 30.3 Å². The van der Waals surface area contributed by atoms with Crippen LogP contribution in [0, 0.1) is 0 Å². The second-order valence-corrected chi connectivity index (χ2v) is 5.48. The highest BCUT2D eigenvalue weighted by Gasteiger charge is 2.33. The molecule has 8 heteroatoms. The monoisotopic (exact) mass is 363 g/mol. The Hall–Kier alpha value is -3.29. The quantitative estimate of drug-likeness (QED) is 0.720. The molecule has 0 aliphatic carbocycles. The number of carbonyl (C=O) groups is 1. The minimum atomic E-state index is -4.67. The number of hydrogen-bond donors (Lipinski definition) is 1. The molecule has 3 rings (SSSR count). The third-order valence-electron chi connectivity index (χ3n) is 3.67. The number of nitrogens with two attached hydrogens (primary N) is 1. The van der Waals surface area contributed by atoms with E-state index in [0.29, 0.717) is 11.6 Å². The number of rotatable bonds is 4. The Balaban J connectivity index is 1.85. The molecule has 0 aliphatic heterocycles. The average Bonchev–Trinajstić information content (AvgIpc) is 2.58. The Kier molecular flexibility index (Phi) is 4.41. The minimum Gasteiger partial charge on any atom is -0.489 e. The van der Waals surface area contributed by atoms with Crippen molar-refractivity contribution >= 4 is 16.9 Å². The summed E-state index contributed by atoms with van der Waals surface area (Å²) in [6.45, 7) is 0.105. The molecule has 26 heavy (non-hydrogen) atoms. The predicted molar refractivity (Wildman–Crippen MR) is 86.8 cm³/mol. The number of carbonyl (C=O) groups excluding carboxylic acids is 1. The molecule has 1 heterocycles. The first-order chi connectivity index (χ1) is 12.2. The first kappa shape index (κ1) is 17.5. The molecule has 134 valence electrons. The van der Waals surface area contributed by atoms with Crippen LogP contribution >= 0.6 is 0 Å². The van der Waals surface area contributed by atoms with Gasteiger partial charge in [0.1, 0.15) is 17.9 Å². The summed E-state index contributed by atoms with van der Waals surface area (Å²) in [5.74, 6) is -0.318. The number of benzene rings is 2. The molecule has 5 nitrogen and oxygen atoms in total. The van der Waals surface area contributed by atoms with Crippen LogP contribution in [-0.4, -0.2) is 5.91 Å². The molecular weight excluding hydrogens is 351 g/mol. The number of halogens is 3. The summed E-state index contributed by atoms with van der Waals surface area (Å²) in [6.07, 6.45) is -4.67. The minimum absolute atomic E-state index is 0.105. The summed E-state index contributed by atoms with van der Waals surface area (Å²) < 4.78 is 49.4. The van der Waals surface area contributed by atoms with E-state index in [2.05, 4.69) is 0 Å². The zero-order valence-corrected chi connectivity index (χ0v) is 13.2. The molecular formula is C18H12F3NO4. The van der Waals surface area contributed by atoms with Crippen molar-refractivity contribution in [3.8, 4) is 5.75 Å². The molecule has 0 saturated carbocycles. The Morgan fingerprint density at radius 3 is 2.38 bits per heavy atom. The lowest BCUT2D eigenvalue weighted by Crippen LogP contribution is -2.11. The second-order valence-electron chi connectivity index (χ2n) is 5.48. The fraction of sp³-hybridized carbons (Fsp3) is 0.111. The number of alkyl halides is 3. The van der Waals surface area contributed by atoms with Gasteiger partial charge in [-0.2, -0.15) is 13.2 Å². The van der Waals surface area contributed by atoms with Crippen LogP contribution in [0.25, 0.3) is 11.0 Å². The fourth-order valence-corrected chi connectivity index (χ4v) is 2.40. The topological polar surface area (TPSA) is 82.5 Å². The maximum atomic E-state index is 13.0. The summed E-state index contributed by atoms with van der Waals surface area (Å²) >= 11 is 0. The highest BCUT2D eigenvalue weighted by atomic mass is 19.4. The molecule has 0 radical (unpaired) electrons. The van der Waals surface area contributed by atoms with Gasteiger partial charge in [0, 0.05) is 23.1 Å². The third kappa shape index (κ3) is 3.69. The smallest absolute Gasteiger partial charge is 0.417 e. The molecule has 0 aliphatic rings. The molecule has 1 amide bonds. The van der Waals surface area contributed by atoms with Gasteiger partial charge in [-0.1, -0.05) is 12.1 Å². The van der Waals surface area contributed by atoms with Gasteiger partial charge < -0.3 is 14.9 Å². The van der Waals surface area contributed by atoms with Crippen LogP contribution in [0.5, 0.6) is 5.75 Å². The van der Waals surface area contributed by atoms with E-state index in [1.54, 1.807) is 12.1 Å². The molecule has 0 unspecified atom stereocenters. The van der Waals surface area contributed by atoms with Gasteiger partial charge in [0.05, 0.1) is 5.56 Å². The molecule has 0 bridgehead atoms. The number of amides is 1. The Morgan fingerprint density at radius 1 is 1.08 bits per heavy atom. The van der Waals surface area contributed by atoms with Crippen molar-refractivity contribution in [1.82, 2.24) is 0 Å². The highest BCUT2D eigenvalue weighted by Crippen LogP contribution is 2.34. The maximum Gasteiger partial charge on any atom is 0.417 e. The predicted octanol–water partition coefficient (Wildman–Crippen LogP) is 3.49. The van der Waals surface area contributed by atoms with Crippen LogP contribution in [0.2, 0.25) is 0 Å². The van der Waals surface area contributed by atoms with Gasteiger partial charge in [0.15, 0.2) is 0 Å². The first-order valence-corrected chi connectivity index (χ1v) is 7.41. The standard InChI is InChI=1S/C18H12F3NO4/c19-18(20,21)14-8-16(23)26-15-7-12(5-6-13(14)15)25-9-10-1-3-11(4-2-10)17(22)24/h1-8H,9H2,(H2,22,24). The summed E-state index contributed by atoms with van der Waals surface area (Å²) in [5.41, 5.74) is 3.85. The summed E-state index contributed by atoms with van der Waals surface area (Å²) in [5, 5.41) is -0.227. The number of primary amides is 1. The Labute approximate surface area is 144 Å². The Bertz CT molecular complexity index is 1020. The normalized spacial score (nSPS) is 11.5. The maximum absolute atomic E-state index is 13.0. The van der Waals surface area contributed by atoms with Gasteiger partial charge >= 0.3 is 11.8 Å². The van der Waals surface area contributed by atoms with E-state index in [-0.39, 0.29) is 23.3 Å². The largest absolute Gasteiger partial charge is 0.489 e. The van der Waals surface area contributed by atoms with Crippen LogP contribution in [-0.2, 0) is 12.8 Å². The lowest BCUT2D eigenvalue weighted by Gasteiger charge is -2.11. The van der Waals surface area contributed by atoms with Crippen molar-refractivity contribution in [3.05, 3.63) is 75.6 Å². The molecule has 3 aromatic rings. The molecule has 0 spiro atoms. The van der Waals surface area contributed by atoms with Crippen molar-refractivity contribution in [2.75, 3.05) is 0 Å². The SMILES string of the molecule is NC(=O)c1ccc(COc2ccc3c(C(F)(F)F)cc(=O)oc3c2)cc1. The van der Waals surface area contributed by atoms with Gasteiger partial charge in [-0.05, 0) is 29.8 Å². The van der Waals surface area contributed by atoms with Crippen molar-refractivity contribution in [1.29, 1.82) is 0 Å². The van der Waals surface area contributed by atoms with Crippen molar-refractivity contribution in [2.24, 2.45) is 5.73 Å². The molecule has 2 aromatic carbocycles. The molecule has 0 saturated heterocycles. The van der Waals surface area contributed by atoms with E-state index in [4.69, 9.17) is 14.9 Å². The lowest BCUT2D eigenvalue weighted by molar-refractivity contribution is -0.136. The van der Waals surface area contributed by atoms with E-state index >= 15 is 0 Å². The van der Waals surface area contributed by atoms with E-state index in [0.717, 1.165) is 5.56 Å². The zero-order valence-electron chi connectivity index (χ0n) is 13.2. The van der Waals surface area contributed by atoms with Crippen LogP contribution < -0.4 is 16.1 Å². The number of fused-ring (bicyclic) bond motifs is 1. The highest BCUT2D eigenvalue weighted by molar-refractivity contribution is 5.92. The summed E-state index contributed by atoms with van der Waals surface area (Å²) in [6, 6.07) is 10.5. The molecule has 2 N–H and O–H groups in total. The van der Waals surface area contributed by atoms with Crippen molar-refractivity contribution in [3.63, 3.8) is 0 Å². The average molecular weight is 363 g/mol. The number of ether oxygens (including phenoxy) is 1. The summed E-state index contributed by atoms with van der Waals surface area (Å²) in [4.78, 5) is 22.4. The van der Waals surface area contributed by atoms with Crippen LogP contribution in [0.15, 0.2) is 57.7 Å². The molecule has 0 atom stereocenters. The van der Waals surface area contributed by atoms with E-state index in [9.17, 15) is 22.8 Å². The first-order valence-electron chi connectivity index (χ1n) is 7.41. The Morgan fingerprint density at radius 2 is 1.77 bits per heavy atom. The van der Waals surface area contributed by atoms with Gasteiger partial charge in [-0.3, -0.25) is 4.79 Å². The van der Waals surface area contributed by atoms with E-state index < -0.39 is 23.3 Å². The zero-order chi connectivity index (χ0) is 18.9. The summed E-state index contributed by atoms with van der Waals surface area (Å²) in [7, 11) is 0.